The van der Waals surface area contributed by atoms with E-state index < -0.39 is 11.7 Å². The van der Waals surface area contributed by atoms with Gasteiger partial charge in [-0.15, -0.1) is 0 Å². The second kappa shape index (κ2) is 8.62. The summed E-state index contributed by atoms with van der Waals surface area (Å²) in [6.07, 6.45) is 0.987. The number of ether oxygens (including phenoxy) is 1. The normalized spacial score (nSPS) is 12.1. The van der Waals surface area contributed by atoms with Crippen LogP contribution in [0.2, 0.25) is 0 Å². The van der Waals surface area contributed by atoms with Gasteiger partial charge in [-0.1, -0.05) is 31.2 Å². The van der Waals surface area contributed by atoms with Crippen LogP contribution in [0.15, 0.2) is 42.5 Å². The molecular weight excluding hydrogens is 319 g/mol. The highest BCUT2D eigenvalue weighted by atomic mass is 19.1. The van der Waals surface area contributed by atoms with E-state index in [1.54, 1.807) is 6.07 Å². The molecule has 134 valence electrons. The van der Waals surface area contributed by atoms with Gasteiger partial charge in [0.1, 0.15) is 11.6 Å². The van der Waals surface area contributed by atoms with E-state index in [4.69, 9.17) is 4.74 Å². The van der Waals surface area contributed by atoms with Gasteiger partial charge in [0.15, 0.2) is 0 Å². The summed E-state index contributed by atoms with van der Waals surface area (Å²) in [6, 6.07) is 12.6. The maximum atomic E-state index is 14.0. The van der Waals surface area contributed by atoms with Gasteiger partial charge in [0, 0.05) is 12.6 Å². The topological polar surface area (TPSA) is 41.6 Å². The molecule has 0 aliphatic carbocycles. The quantitative estimate of drug-likeness (QED) is 0.837. The van der Waals surface area contributed by atoms with Crippen LogP contribution in [0.3, 0.4) is 0 Å². The van der Waals surface area contributed by atoms with E-state index in [2.05, 4.69) is 36.5 Å². The number of benzene rings is 2. The van der Waals surface area contributed by atoms with Gasteiger partial charge in [0.05, 0.1) is 18.7 Å². The van der Waals surface area contributed by atoms with E-state index in [1.807, 2.05) is 19.0 Å². The molecule has 2 rings (SSSR count). The number of rotatable bonds is 7. The Hall–Kier alpha value is -2.40. The summed E-state index contributed by atoms with van der Waals surface area (Å²) in [5.41, 5.74) is 2.39. The van der Waals surface area contributed by atoms with Crippen LogP contribution < -0.4 is 10.1 Å². The van der Waals surface area contributed by atoms with Crippen LogP contribution in [0.4, 0.5) is 4.39 Å². The molecule has 1 amide bonds. The molecule has 0 heterocycles. The Balaban J connectivity index is 2.08. The zero-order chi connectivity index (χ0) is 18.4. The van der Waals surface area contributed by atoms with Gasteiger partial charge in [-0.05, 0) is 43.8 Å². The Morgan fingerprint density at radius 2 is 1.88 bits per heavy atom. The minimum Gasteiger partial charge on any atom is -0.497 e. The Labute approximate surface area is 148 Å². The summed E-state index contributed by atoms with van der Waals surface area (Å²) >= 11 is 0. The first kappa shape index (κ1) is 18.9. The van der Waals surface area contributed by atoms with Crippen LogP contribution in [0.5, 0.6) is 5.75 Å². The number of halogens is 1. The molecule has 0 aromatic heterocycles. The lowest BCUT2D eigenvalue weighted by molar-refractivity contribution is 0.0938. The molecule has 5 heteroatoms. The first-order valence-electron chi connectivity index (χ1n) is 8.33. The monoisotopic (exact) mass is 344 g/mol. The first-order chi connectivity index (χ1) is 12.0. The standard InChI is InChI=1S/C20H25FN2O2/c1-5-14-6-8-15(9-7-14)19(23(2)3)13-22-20(24)17-11-10-16(25-4)12-18(17)21/h6-12,19H,5,13H2,1-4H3,(H,22,24). The van der Waals surface area contributed by atoms with Crippen molar-refractivity contribution in [2.75, 3.05) is 27.7 Å². The van der Waals surface area contributed by atoms with Crippen LogP contribution in [-0.4, -0.2) is 38.6 Å². The van der Waals surface area contributed by atoms with Gasteiger partial charge in [-0.3, -0.25) is 4.79 Å². The van der Waals surface area contributed by atoms with Crippen molar-refractivity contribution < 1.29 is 13.9 Å². The molecule has 0 saturated carbocycles. The predicted octanol–water partition coefficient (Wildman–Crippen LogP) is 3.43. The van der Waals surface area contributed by atoms with E-state index in [0.29, 0.717) is 12.3 Å². The Bertz CT molecular complexity index is 714. The zero-order valence-corrected chi connectivity index (χ0v) is 15.2. The number of methoxy groups -OCH3 is 1. The summed E-state index contributed by atoms with van der Waals surface area (Å²) in [5.74, 6) is -0.640. The van der Waals surface area contributed by atoms with Crippen molar-refractivity contribution in [3.05, 3.63) is 65.0 Å². The largest absolute Gasteiger partial charge is 0.497 e. The van der Waals surface area contributed by atoms with E-state index in [1.165, 1.54) is 24.8 Å². The third-order valence-corrected chi connectivity index (χ3v) is 4.27. The number of nitrogens with one attached hydrogen (secondary N) is 1. The third-order valence-electron chi connectivity index (χ3n) is 4.27. The fraction of sp³-hybridized carbons (Fsp3) is 0.350. The van der Waals surface area contributed by atoms with Crippen LogP contribution in [-0.2, 0) is 6.42 Å². The number of nitrogens with zero attached hydrogens (tertiary/aromatic N) is 1. The summed E-state index contributed by atoms with van der Waals surface area (Å²) < 4.78 is 19.0. The number of carbonyl (C=O) groups excluding carboxylic acids is 1. The van der Waals surface area contributed by atoms with E-state index in [9.17, 15) is 9.18 Å². The molecular formula is C20H25FN2O2. The molecule has 0 spiro atoms. The van der Waals surface area contributed by atoms with Gasteiger partial charge < -0.3 is 15.0 Å². The molecule has 0 fully saturated rings. The van der Waals surface area contributed by atoms with E-state index >= 15 is 0 Å². The minimum atomic E-state index is -0.592. The molecule has 4 nitrogen and oxygen atoms in total. The van der Waals surface area contributed by atoms with Crippen molar-refractivity contribution in [2.45, 2.75) is 19.4 Å². The first-order valence-corrected chi connectivity index (χ1v) is 8.33. The zero-order valence-electron chi connectivity index (χ0n) is 15.2. The number of aryl methyl sites for hydroxylation is 1. The lowest BCUT2D eigenvalue weighted by atomic mass is 10.0. The van der Waals surface area contributed by atoms with Gasteiger partial charge in [-0.2, -0.15) is 0 Å². The maximum absolute atomic E-state index is 14.0. The Kier molecular flexibility index (Phi) is 6.53. The second-order valence-corrected chi connectivity index (χ2v) is 6.13. The van der Waals surface area contributed by atoms with Gasteiger partial charge in [-0.25, -0.2) is 4.39 Å². The van der Waals surface area contributed by atoms with E-state index in [0.717, 1.165) is 12.0 Å². The lowest BCUT2D eigenvalue weighted by Crippen LogP contribution is -2.34. The summed E-state index contributed by atoms with van der Waals surface area (Å²) in [7, 11) is 5.37. The fourth-order valence-electron chi connectivity index (χ4n) is 2.67. The fourth-order valence-corrected chi connectivity index (χ4v) is 2.67. The van der Waals surface area contributed by atoms with Crippen molar-refractivity contribution in [1.29, 1.82) is 0 Å². The van der Waals surface area contributed by atoms with Crippen LogP contribution >= 0.6 is 0 Å². The third kappa shape index (κ3) is 4.79. The minimum absolute atomic E-state index is 0.0103. The van der Waals surface area contributed by atoms with Crippen LogP contribution in [0.1, 0.15) is 34.5 Å². The number of amides is 1. The highest BCUT2D eigenvalue weighted by Gasteiger charge is 2.18. The van der Waals surface area contributed by atoms with Gasteiger partial charge >= 0.3 is 0 Å². The molecule has 1 unspecified atom stereocenters. The molecule has 0 saturated heterocycles. The molecule has 0 bridgehead atoms. The van der Waals surface area contributed by atoms with Crippen molar-refractivity contribution in [3.8, 4) is 5.75 Å². The predicted molar refractivity (Wildman–Crippen MR) is 97.5 cm³/mol. The maximum Gasteiger partial charge on any atom is 0.254 e. The van der Waals surface area contributed by atoms with Crippen molar-refractivity contribution in [2.24, 2.45) is 0 Å². The Morgan fingerprint density at radius 1 is 1.20 bits per heavy atom. The number of hydrogen-bond acceptors (Lipinski definition) is 3. The Morgan fingerprint density at radius 3 is 2.40 bits per heavy atom. The van der Waals surface area contributed by atoms with Gasteiger partial charge in [0.2, 0.25) is 0 Å². The molecule has 1 atom stereocenters. The molecule has 0 radical (unpaired) electrons. The molecule has 0 aliphatic rings. The van der Waals surface area contributed by atoms with Crippen LogP contribution in [0, 0.1) is 5.82 Å². The van der Waals surface area contributed by atoms with Crippen molar-refractivity contribution in [1.82, 2.24) is 10.2 Å². The molecule has 1 N–H and O–H groups in total. The summed E-state index contributed by atoms with van der Waals surface area (Å²) in [4.78, 5) is 14.3. The number of carbonyl (C=O) groups is 1. The number of hydrogen-bond donors (Lipinski definition) is 1. The smallest absolute Gasteiger partial charge is 0.254 e. The van der Waals surface area contributed by atoms with E-state index in [-0.39, 0.29) is 11.6 Å². The lowest BCUT2D eigenvalue weighted by Gasteiger charge is -2.25. The SMILES string of the molecule is CCc1ccc(C(CNC(=O)c2ccc(OC)cc2F)N(C)C)cc1. The summed E-state index contributed by atoms with van der Waals surface area (Å²) in [5, 5.41) is 2.82. The molecule has 0 aliphatic heterocycles. The molecule has 25 heavy (non-hydrogen) atoms. The van der Waals surface area contributed by atoms with Crippen molar-refractivity contribution in [3.63, 3.8) is 0 Å². The van der Waals surface area contributed by atoms with Gasteiger partial charge in [0.25, 0.3) is 5.91 Å². The highest BCUT2D eigenvalue weighted by Crippen LogP contribution is 2.20. The highest BCUT2D eigenvalue weighted by molar-refractivity contribution is 5.94. The second-order valence-electron chi connectivity index (χ2n) is 6.13. The van der Waals surface area contributed by atoms with Crippen LogP contribution in [0.25, 0.3) is 0 Å². The molecule has 2 aromatic rings. The average Bonchev–Trinajstić information content (AvgIpc) is 2.61. The number of likely N-dealkylation sites (N-methyl/N-ethyl adjacent to an activating group) is 1. The summed E-state index contributed by atoms with van der Waals surface area (Å²) in [6.45, 7) is 2.50. The molecule has 2 aromatic carbocycles. The average molecular weight is 344 g/mol. The van der Waals surface area contributed by atoms with Crippen molar-refractivity contribution >= 4 is 5.91 Å².